The van der Waals surface area contributed by atoms with Gasteiger partial charge in [0.05, 0.1) is 18.4 Å². The molecule has 1 unspecified atom stereocenters. The normalized spacial score (nSPS) is 16.0. The first-order valence-corrected chi connectivity index (χ1v) is 9.95. The van der Waals surface area contributed by atoms with Crippen LogP contribution in [0.3, 0.4) is 0 Å². The maximum atomic E-state index is 13.2. The molecule has 29 heavy (non-hydrogen) atoms. The molecule has 4 rings (SSSR count). The monoisotopic (exact) mass is 390 g/mol. The minimum atomic E-state index is -0.0173. The highest BCUT2D eigenvalue weighted by Crippen LogP contribution is 2.33. The fourth-order valence-electron chi connectivity index (χ4n) is 3.69. The van der Waals surface area contributed by atoms with Crippen LogP contribution in [0.5, 0.6) is 5.88 Å². The summed E-state index contributed by atoms with van der Waals surface area (Å²) in [5.41, 5.74) is 4.13. The lowest BCUT2D eigenvalue weighted by Gasteiger charge is -2.34. The van der Waals surface area contributed by atoms with Crippen molar-refractivity contribution >= 4 is 5.91 Å². The van der Waals surface area contributed by atoms with E-state index < -0.39 is 0 Å². The summed E-state index contributed by atoms with van der Waals surface area (Å²) in [4.78, 5) is 19.4. The predicted octanol–water partition coefficient (Wildman–Crippen LogP) is 3.64. The Morgan fingerprint density at radius 3 is 2.72 bits per heavy atom. The first-order valence-electron chi connectivity index (χ1n) is 9.95. The van der Waals surface area contributed by atoms with E-state index in [1.54, 1.807) is 23.0 Å². The van der Waals surface area contributed by atoms with Crippen molar-refractivity contribution in [1.82, 2.24) is 19.7 Å². The van der Waals surface area contributed by atoms with E-state index >= 15 is 0 Å². The second-order valence-corrected chi connectivity index (χ2v) is 7.97. The molecule has 0 bridgehead atoms. The average Bonchev–Trinajstić information content (AvgIpc) is 3.17. The summed E-state index contributed by atoms with van der Waals surface area (Å²) in [6, 6.07) is 11.9. The Labute approximate surface area is 171 Å². The van der Waals surface area contributed by atoms with E-state index in [0.29, 0.717) is 37.1 Å². The van der Waals surface area contributed by atoms with Crippen LogP contribution in [0.4, 0.5) is 0 Å². The lowest BCUT2D eigenvalue weighted by atomic mass is 9.86. The van der Waals surface area contributed by atoms with Crippen molar-refractivity contribution in [3.63, 3.8) is 0 Å². The van der Waals surface area contributed by atoms with Gasteiger partial charge in [-0.2, -0.15) is 5.10 Å². The van der Waals surface area contributed by atoms with Crippen molar-refractivity contribution in [3.05, 3.63) is 77.2 Å². The molecule has 0 N–H and O–H groups in total. The Hall–Kier alpha value is -3.15. The Bertz CT molecular complexity index is 994. The Morgan fingerprint density at radius 2 is 2.03 bits per heavy atom. The SMILES string of the molecule is CC(C)COc1ccc(C(=O)N2Cc3ccccc3C(c3cnn(C)c3)C2)cn1. The Balaban J connectivity index is 1.56. The van der Waals surface area contributed by atoms with Crippen molar-refractivity contribution in [2.24, 2.45) is 13.0 Å². The lowest BCUT2D eigenvalue weighted by Crippen LogP contribution is -2.38. The number of hydrogen-bond acceptors (Lipinski definition) is 4. The second kappa shape index (κ2) is 8.07. The van der Waals surface area contributed by atoms with E-state index in [4.69, 9.17) is 4.74 Å². The van der Waals surface area contributed by atoms with Crippen molar-refractivity contribution in [2.75, 3.05) is 13.2 Å². The van der Waals surface area contributed by atoms with Gasteiger partial charge in [0.15, 0.2) is 0 Å². The highest BCUT2D eigenvalue weighted by atomic mass is 16.5. The van der Waals surface area contributed by atoms with Crippen LogP contribution in [0.15, 0.2) is 55.0 Å². The number of pyridine rings is 1. The van der Waals surface area contributed by atoms with E-state index in [0.717, 1.165) is 5.56 Å². The molecule has 1 aliphatic heterocycles. The van der Waals surface area contributed by atoms with Gasteiger partial charge in [-0.3, -0.25) is 9.48 Å². The lowest BCUT2D eigenvalue weighted by molar-refractivity contribution is 0.0724. The Kier molecular flexibility index (Phi) is 5.34. The average molecular weight is 390 g/mol. The summed E-state index contributed by atoms with van der Waals surface area (Å²) in [6.07, 6.45) is 5.52. The number of aryl methyl sites for hydroxylation is 1. The van der Waals surface area contributed by atoms with Gasteiger partial charge in [-0.1, -0.05) is 38.1 Å². The molecule has 3 aromatic rings. The van der Waals surface area contributed by atoms with Gasteiger partial charge < -0.3 is 9.64 Å². The molecule has 3 heterocycles. The number of amides is 1. The van der Waals surface area contributed by atoms with Crippen LogP contribution in [-0.4, -0.2) is 38.7 Å². The maximum Gasteiger partial charge on any atom is 0.255 e. The second-order valence-electron chi connectivity index (χ2n) is 7.97. The van der Waals surface area contributed by atoms with E-state index in [2.05, 4.69) is 42.1 Å². The molecule has 1 atom stereocenters. The Morgan fingerprint density at radius 1 is 1.21 bits per heavy atom. The fraction of sp³-hybridized carbons (Fsp3) is 0.348. The zero-order chi connectivity index (χ0) is 20.4. The minimum absolute atomic E-state index is 0.0173. The van der Waals surface area contributed by atoms with Crippen molar-refractivity contribution in [2.45, 2.75) is 26.3 Å². The summed E-state index contributed by atoms with van der Waals surface area (Å²) >= 11 is 0. The van der Waals surface area contributed by atoms with Gasteiger partial charge in [0.2, 0.25) is 5.88 Å². The van der Waals surface area contributed by atoms with Gasteiger partial charge in [0.25, 0.3) is 5.91 Å². The number of rotatable bonds is 5. The van der Waals surface area contributed by atoms with Crippen LogP contribution < -0.4 is 4.74 Å². The number of carbonyl (C=O) groups is 1. The molecular weight excluding hydrogens is 364 g/mol. The molecule has 0 spiro atoms. The molecular formula is C23H26N4O2. The van der Waals surface area contributed by atoms with Gasteiger partial charge in [-0.15, -0.1) is 0 Å². The van der Waals surface area contributed by atoms with Crippen molar-refractivity contribution in [1.29, 1.82) is 0 Å². The number of aromatic nitrogens is 3. The number of hydrogen-bond donors (Lipinski definition) is 0. The largest absolute Gasteiger partial charge is 0.477 e. The molecule has 0 saturated heterocycles. The van der Waals surface area contributed by atoms with E-state index in [1.807, 2.05) is 30.4 Å². The molecule has 0 fully saturated rings. The highest BCUT2D eigenvalue weighted by molar-refractivity contribution is 5.94. The van der Waals surface area contributed by atoms with Gasteiger partial charge >= 0.3 is 0 Å². The third-order valence-electron chi connectivity index (χ3n) is 5.16. The van der Waals surface area contributed by atoms with E-state index in [9.17, 15) is 4.79 Å². The summed E-state index contributed by atoms with van der Waals surface area (Å²) in [7, 11) is 1.91. The van der Waals surface area contributed by atoms with Crippen molar-refractivity contribution < 1.29 is 9.53 Å². The molecule has 6 nitrogen and oxygen atoms in total. The molecule has 0 aliphatic carbocycles. The smallest absolute Gasteiger partial charge is 0.255 e. The number of benzene rings is 1. The highest BCUT2D eigenvalue weighted by Gasteiger charge is 2.30. The third-order valence-corrected chi connectivity index (χ3v) is 5.16. The molecule has 2 aromatic heterocycles. The number of nitrogens with zero attached hydrogens (tertiary/aromatic N) is 4. The molecule has 1 amide bonds. The minimum Gasteiger partial charge on any atom is -0.477 e. The van der Waals surface area contributed by atoms with Crippen LogP contribution in [0.2, 0.25) is 0 Å². The zero-order valence-corrected chi connectivity index (χ0v) is 17.1. The summed E-state index contributed by atoms with van der Waals surface area (Å²) in [5, 5.41) is 4.32. The first kappa shape index (κ1) is 19.2. The van der Waals surface area contributed by atoms with Crippen LogP contribution in [0, 0.1) is 5.92 Å². The molecule has 150 valence electrons. The summed E-state index contributed by atoms with van der Waals surface area (Å²) in [5.74, 6) is 1.07. The number of ether oxygens (including phenoxy) is 1. The maximum absolute atomic E-state index is 13.2. The van der Waals surface area contributed by atoms with Gasteiger partial charge in [0.1, 0.15) is 0 Å². The van der Waals surface area contributed by atoms with Crippen LogP contribution >= 0.6 is 0 Å². The summed E-state index contributed by atoms with van der Waals surface area (Å²) in [6.45, 7) is 6.00. The van der Waals surface area contributed by atoms with Gasteiger partial charge in [0, 0.05) is 44.5 Å². The third kappa shape index (κ3) is 4.16. The van der Waals surface area contributed by atoms with Crippen molar-refractivity contribution in [3.8, 4) is 5.88 Å². The van der Waals surface area contributed by atoms with Crippen LogP contribution in [0.1, 0.15) is 46.8 Å². The fourth-order valence-corrected chi connectivity index (χ4v) is 3.69. The van der Waals surface area contributed by atoms with Crippen LogP contribution in [-0.2, 0) is 13.6 Å². The molecule has 6 heteroatoms. The van der Waals surface area contributed by atoms with E-state index in [-0.39, 0.29) is 11.8 Å². The quantitative estimate of drug-likeness (QED) is 0.667. The van der Waals surface area contributed by atoms with Gasteiger partial charge in [-0.05, 0) is 28.7 Å². The van der Waals surface area contributed by atoms with E-state index in [1.165, 1.54) is 11.1 Å². The van der Waals surface area contributed by atoms with Crippen LogP contribution in [0.25, 0.3) is 0 Å². The zero-order valence-electron chi connectivity index (χ0n) is 17.1. The molecule has 0 saturated carbocycles. The predicted molar refractivity (Wildman–Crippen MR) is 111 cm³/mol. The number of fused-ring (bicyclic) bond motifs is 1. The molecule has 1 aromatic carbocycles. The molecule has 1 aliphatic rings. The molecule has 0 radical (unpaired) electrons. The summed E-state index contributed by atoms with van der Waals surface area (Å²) < 4.78 is 7.43. The standard InChI is InChI=1S/C23H26N4O2/c1-16(2)15-29-22-9-8-17(10-24-22)23(28)27-13-18-6-4-5-7-20(18)21(14-27)19-11-25-26(3)12-19/h4-12,16,21H,13-15H2,1-3H3. The first-order chi connectivity index (χ1) is 14.0. The topological polar surface area (TPSA) is 60.2 Å². The number of carbonyl (C=O) groups excluding carboxylic acids is 1. The van der Waals surface area contributed by atoms with Gasteiger partial charge in [-0.25, -0.2) is 4.98 Å².